The highest BCUT2D eigenvalue weighted by Crippen LogP contribution is 2.22. The third kappa shape index (κ3) is 16.3. The van der Waals surface area contributed by atoms with Gasteiger partial charge in [0.2, 0.25) is 0 Å². The average molecular weight is 549 g/mol. The number of aliphatic hydroxyl groups excluding tert-OH is 4. The van der Waals surface area contributed by atoms with Crippen molar-refractivity contribution in [3.05, 3.63) is 0 Å². The maximum Gasteiger partial charge on any atom is 0.303 e. The molecule has 1 aliphatic rings. The quantitative estimate of drug-likeness (QED) is 0.104. The van der Waals surface area contributed by atoms with E-state index < -0.39 is 49.4 Å². The van der Waals surface area contributed by atoms with Gasteiger partial charge in [0, 0.05) is 13.5 Å². The van der Waals surface area contributed by atoms with E-state index in [0.717, 1.165) is 12.8 Å². The Labute approximate surface area is 230 Å². The average Bonchev–Trinajstić information content (AvgIpc) is 2.90. The first-order valence-electron chi connectivity index (χ1n) is 15.1. The molecular formula is C29H56O9. The molecule has 1 saturated heterocycles. The van der Waals surface area contributed by atoms with Gasteiger partial charge in [-0.25, -0.2) is 0 Å². The Morgan fingerprint density at radius 1 is 0.737 bits per heavy atom. The summed E-state index contributed by atoms with van der Waals surface area (Å²) in [5.41, 5.74) is 0. The van der Waals surface area contributed by atoms with Crippen LogP contribution in [0.1, 0.15) is 117 Å². The topological polar surface area (TPSA) is 135 Å². The molecular weight excluding hydrogens is 492 g/mol. The van der Waals surface area contributed by atoms with Gasteiger partial charge in [0.05, 0.1) is 19.8 Å². The van der Waals surface area contributed by atoms with Crippen molar-refractivity contribution in [1.29, 1.82) is 0 Å². The number of carbonyl (C=O) groups is 1. The molecule has 9 heteroatoms. The van der Waals surface area contributed by atoms with E-state index in [0.29, 0.717) is 6.61 Å². The second kappa shape index (κ2) is 22.9. The molecule has 226 valence electrons. The molecule has 1 heterocycles. The van der Waals surface area contributed by atoms with Crippen molar-refractivity contribution < 1.29 is 44.2 Å². The molecule has 0 aliphatic carbocycles. The first-order chi connectivity index (χ1) is 18.4. The molecule has 1 rings (SSSR count). The van der Waals surface area contributed by atoms with E-state index >= 15 is 0 Å². The largest absolute Gasteiger partial charge is 0.458 e. The van der Waals surface area contributed by atoms with Crippen LogP contribution in [0.2, 0.25) is 0 Å². The fraction of sp³-hybridized carbons (Fsp3) is 0.966. The van der Waals surface area contributed by atoms with Crippen LogP contribution in [0.4, 0.5) is 0 Å². The van der Waals surface area contributed by atoms with Gasteiger partial charge in [-0.2, -0.15) is 0 Å². The molecule has 0 saturated carbocycles. The zero-order valence-corrected chi connectivity index (χ0v) is 23.9. The summed E-state index contributed by atoms with van der Waals surface area (Å²) in [6.07, 6.45) is 13.4. The van der Waals surface area contributed by atoms with Gasteiger partial charge in [-0.1, -0.05) is 103 Å². The minimum atomic E-state index is -1.52. The Morgan fingerprint density at radius 3 is 1.71 bits per heavy atom. The molecule has 0 amide bonds. The lowest BCUT2D eigenvalue weighted by molar-refractivity contribution is -0.305. The summed E-state index contributed by atoms with van der Waals surface area (Å²) in [5, 5.41) is 39.1. The van der Waals surface area contributed by atoms with Gasteiger partial charge in [0.25, 0.3) is 0 Å². The summed E-state index contributed by atoms with van der Waals surface area (Å²) in [5.74, 6) is -0.488. The van der Waals surface area contributed by atoms with Crippen LogP contribution < -0.4 is 0 Å². The van der Waals surface area contributed by atoms with Crippen molar-refractivity contribution in [2.75, 3.05) is 26.4 Å². The zero-order chi connectivity index (χ0) is 28.0. The van der Waals surface area contributed by atoms with E-state index in [1.807, 2.05) is 0 Å². The van der Waals surface area contributed by atoms with Crippen molar-refractivity contribution in [3.63, 3.8) is 0 Å². The Morgan fingerprint density at radius 2 is 1.24 bits per heavy atom. The highest BCUT2D eigenvalue weighted by Gasteiger charge is 2.44. The number of rotatable bonds is 24. The molecule has 38 heavy (non-hydrogen) atoms. The van der Waals surface area contributed by atoms with E-state index in [-0.39, 0.29) is 13.2 Å². The number of aliphatic hydroxyl groups is 4. The number of hydrogen-bond acceptors (Lipinski definition) is 9. The number of esters is 1. The van der Waals surface area contributed by atoms with E-state index in [9.17, 15) is 25.2 Å². The second-order valence-electron chi connectivity index (χ2n) is 10.6. The highest BCUT2D eigenvalue weighted by molar-refractivity contribution is 5.66. The van der Waals surface area contributed by atoms with E-state index in [1.165, 1.54) is 96.8 Å². The number of unbranched alkanes of at least 4 members (excludes halogenated alkanes) is 15. The molecule has 4 N–H and O–H groups in total. The summed E-state index contributed by atoms with van der Waals surface area (Å²) in [7, 11) is 0. The van der Waals surface area contributed by atoms with Crippen LogP contribution in [-0.2, 0) is 23.7 Å². The predicted octanol–water partition coefficient (Wildman–Crippen LogP) is 4.01. The predicted molar refractivity (Wildman–Crippen MR) is 146 cm³/mol. The van der Waals surface area contributed by atoms with E-state index in [4.69, 9.17) is 18.9 Å². The molecule has 0 aromatic heterocycles. The number of hydrogen-bond donors (Lipinski definition) is 4. The number of ether oxygens (including phenoxy) is 4. The standard InChI is InChI=1S/C29H56O9/c1-3-4-5-6-7-8-9-10-11-12-13-14-15-16-17-18-19-35-21-24(37-23(2)31)22-36-29-28(34)27(33)26(32)25(20-30)38-29/h24-30,32-34H,3-22H2,1-2H3. The van der Waals surface area contributed by atoms with Crippen LogP contribution >= 0.6 is 0 Å². The third-order valence-electron chi connectivity index (χ3n) is 7.07. The molecule has 6 unspecified atom stereocenters. The van der Waals surface area contributed by atoms with E-state index in [2.05, 4.69) is 6.92 Å². The fourth-order valence-electron chi connectivity index (χ4n) is 4.73. The van der Waals surface area contributed by atoms with Gasteiger partial charge in [0.15, 0.2) is 6.29 Å². The summed E-state index contributed by atoms with van der Waals surface area (Å²) in [6.45, 7) is 3.57. The lowest BCUT2D eigenvalue weighted by atomic mass is 9.99. The minimum absolute atomic E-state index is 0.124. The summed E-state index contributed by atoms with van der Waals surface area (Å²) in [4.78, 5) is 11.4. The van der Waals surface area contributed by atoms with Crippen molar-refractivity contribution in [3.8, 4) is 0 Å². The number of carbonyl (C=O) groups excluding carboxylic acids is 1. The first kappa shape index (κ1) is 35.2. The van der Waals surface area contributed by atoms with Crippen molar-refractivity contribution in [1.82, 2.24) is 0 Å². The Hall–Kier alpha value is -0.810. The first-order valence-corrected chi connectivity index (χ1v) is 15.1. The van der Waals surface area contributed by atoms with Crippen LogP contribution in [0.15, 0.2) is 0 Å². The van der Waals surface area contributed by atoms with E-state index in [1.54, 1.807) is 0 Å². The van der Waals surface area contributed by atoms with Gasteiger partial charge in [-0.3, -0.25) is 4.79 Å². The van der Waals surface area contributed by atoms with Gasteiger partial charge in [-0.15, -0.1) is 0 Å². The summed E-state index contributed by atoms with van der Waals surface area (Å²) in [6, 6.07) is 0. The molecule has 1 aliphatic heterocycles. The normalized spacial score (nSPS) is 24.4. The van der Waals surface area contributed by atoms with Gasteiger partial charge >= 0.3 is 5.97 Å². The Bertz CT molecular complexity index is 560. The smallest absolute Gasteiger partial charge is 0.303 e. The van der Waals surface area contributed by atoms with Crippen LogP contribution in [0, 0.1) is 0 Å². The maximum atomic E-state index is 11.4. The molecule has 6 atom stereocenters. The molecule has 0 aromatic rings. The maximum absolute atomic E-state index is 11.4. The van der Waals surface area contributed by atoms with Crippen molar-refractivity contribution in [2.24, 2.45) is 0 Å². The van der Waals surface area contributed by atoms with Crippen LogP contribution in [-0.4, -0.2) is 89.6 Å². The van der Waals surface area contributed by atoms with Gasteiger partial charge in [-0.05, 0) is 6.42 Å². The molecule has 0 radical (unpaired) electrons. The second-order valence-corrected chi connectivity index (χ2v) is 10.6. The molecule has 9 nitrogen and oxygen atoms in total. The minimum Gasteiger partial charge on any atom is -0.458 e. The summed E-state index contributed by atoms with van der Waals surface area (Å²) < 4.78 is 21.7. The zero-order valence-electron chi connectivity index (χ0n) is 23.9. The van der Waals surface area contributed by atoms with Crippen LogP contribution in [0.5, 0.6) is 0 Å². The fourth-order valence-corrected chi connectivity index (χ4v) is 4.73. The van der Waals surface area contributed by atoms with Crippen molar-refractivity contribution in [2.45, 2.75) is 153 Å². The molecule has 0 bridgehead atoms. The molecule has 0 spiro atoms. The lowest BCUT2D eigenvalue weighted by Gasteiger charge is -2.39. The van der Waals surface area contributed by atoms with Crippen LogP contribution in [0.25, 0.3) is 0 Å². The van der Waals surface area contributed by atoms with Crippen LogP contribution in [0.3, 0.4) is 0 Å². The molecule has 0 aromatic carbocycles. The van der Waals surface area contributed by atoms with Crippen molar-refractivity contribution >= 4 is 5.97 Å². The Kier molecular flexibility index (Phi) is 21.3. The highest BCUT2D eigenvalue weighted by atomic mass is 16.7. The Balaban J connectivity index is 2.04. The van der Waals surface area contributed by atoms with Gasteiger partial charge < -0.3 is 39.4 Å². The third-order valence-corrected chi connectivity index (χ3v) is 7.07. The summed E-state index contributed by atoms with van der Waals surface area (Å²) >= 11 is 0. The SMILES string of the molecule is CCCCCCCCCCCCCCCCCCOCC(COC1OC(CO)C(O)C(O)C1O)OC(C)=O. The molecule has 1 fully saturated rings. The monoisotopic (exact) mass is 548 g/mol. The van der Waals surface area contributed by atoms with Gasteiger partial charge in [0.1, 0.15) is 30.5 Å². The lowest BCUT2D eigenvalue weighted by Crippen LogP contribution is -2.59.